The largest absolute Gasteiger partial charge is 0.479 e. The van der Waals surface area contributed by atoms with Crippen molar-refractivity contribution in [3.8, 4) is 0 Å². The maximum absolute atomic E-state index is 11.1. The Labute approximate surface area is 131 Å². The lowest BCUT2D eigenvalue weighted by molar-refractivity contribution is -0.159. The molecule has 2 N–H and O–H groups in total. The molecule has 1 saturated heterocycles. The molecule has 2 aliphatic rings. The van der Waals surface area contributed by atoms with Crippen LogP contribution in [0.1, 0.15) is 37.3 Å². The number of nitrogens with zero attached hydrogens (tertiary/aromatic N) is 1. The van der Waals surface area contributed by atoms with E-state index < -0.39 is 11.6 Å². The number of carbonyl (C=O) groups is 1. The molecule has 3 rings (SSSR count). The first kappa shape index (κ1) is 15.5. The maximum Gasteiger partial charge on any atom is 0.336 e. The van der Waals surface area contributed by atoms with Crippen molar-refractivity contribution in [3.05, 3.63) is 35.4 Å². The van der Waals surface area contributed by atoms with Crippen LogP contribution in [0.15, 0.2) is 24.3 Å². The van der Waals surface area contributed by atoms with Gasteiger partial charge in [-0.05, 0) is 68.7 Å². The standard InChI is InChI=1S/C18H25NO3/c1-17(22,16(20)21)13-19-10-8-18(9-11-19)7-6-14-4-2-3-5-15(14)12-18/h2-5,22H,6-13H2,1H3,(H,20,21). The molecule has 1 unspecified atom stereocenters. The highest BCUT2D eigenvalue weighted by Crippen LogP contribution is 2.43. The van der Waals surface area contributed by atoms with Crippen LogP contribution in [0.4, 0.5) is 0 Å². The lowest BCUT2D eigenvalue weighted by Gasteiger charge is -2.45. The molecule has 1 aromatic carbocycles. The summed E-state index contributed by atoms with van der Waals surface area (Å²) in [4.78, 5) is 13.1. The van der Waals surface area contributed by atoms with Gasteiger partial charge in [-0.3, -0.25) is 4.90 Å². The predicted molar refractivity (Wildman–Crippen MR) is 84.8 cm³/mol. The molecule has 0 saturated carbocycles. The fourth-order valence-electron chi connectivity index (χ4n) is 3.98. The Hall–Kier alpha value is -1.39. The molecule has 22 heavy (non-hydrogen) atoms. The van der Waals surface area contributed by atoms with E-state index in [2.05, 4.69) is 29.2 Å². The highest BCUT2D eigenvalue weighted by Gasteiger charge is 2.40. The van der Waals surface area contributed by atoms with Crippen molar-refractivity contribution >= 4 is 5.97 Å². The first-order valence-corrected chi connectivity index (χ1v) is 8.15. The Morgan fingerprint density at radius 1 is 1.23 bits per heavy atom. The summed E-state index contributed by atoms with van der Waals surface area (Å²) in [6.45, 7) is 3.36. The minimum absolute atomic E-state index is 0.217. The van der Waals surface area contributed by atoms with Crippen LogP contribution < -0.4 is 0 Å². The molecular weight excluding hydrogens is 278 g/mol. The summed E-state index contributed by atoms with van der Waals surface area (Å²) in [5.41, 5.74) is 1.70. The number of β-amino-alcohol motifs (C(OH)–C–C–N with tert-alkyl or cyclic N) is 1. The van der Waals surface area contributed by atoms with E-state index in [4.69, 9.17) is 5.11 Å². The van der Waals surface area contributed by atoms with Crippen LogP contribution in [-0.4, -0.2) is 46.3 Å². The van der Waals surface area contributed by atoms with E-state index in [1.165, 1.54) is 24.5 Å². The minimum atomic E-state index is -1.65. The number of carboxylic acid groups (broad SMARTS) is 1. The van der Waals surface area contributed by atoms with E-state index in [1.807, 2.05) is 0 Å². The van der Waals surface area contributed by atoms with Crippen molar-refractivity contribution in [1.29, 1.82) is 0 Å². The van der Waals surface area contributed by atoms with Crippen molar-refractivity contribution in [2.45, 2.75) is 44.6 Å². The normalized spacial score (nSPS) is 23.7. The molecule has 1 aromatic rings. The molecule has 4 nitrogen and oxygen atoms in total. The van der Waals surface area contributed by atoms with Crippen LogP contribution in [0.3, 0.4) is 0 Å². The summed E-state index contributed by atoms with van der Waals surface area (Å²) in [7, 11) is 0. The van der Waals surface area contributed by atoms with Gasteiger partial charge in [-0.25, -0.2) is 4.79 Å². The fraction of sp³-hybridized carbons (Fsp3) is 0.611. The first-order valence-electron chi connectivity index (χ1n) is 8.15. The molecule has 1 spiro atoms. The lowest BCUT2D eigenvalue weighted by Crippen LogP contribution is -2.51. The highest BCUT2D eigenvalue weighted by atomic mass is 16.4. The second-order valence-electron chi connectivity index (χ2n) is 7.30. The van der Waals surface area contributed by atoms with Gasteiger partial charge in [0.05, 0.1) is 0 Å². The van der Waals surface area contributed by atoms with Gasteiger partial charge in [0.2, 0.25) is 0 Å². The average molecular weight is 303 g/mol. The Bertz CT molecular complexity index is 559. The van der Waals surface area contributed by atoms with Crippen LogP contribution in [0, 0.1) is 5.41 Å². The zero-order valence-electron chi connectivity index (χ0n) is 13.2. The summed E-state index contributed by atoms with van der Waals surface area (Å²) >= 11 is 0. The Morgan fingerprint density at radius 3 is 2.50 bits per heavy atom. The number of fused-ring (bicyclic) bond motifs is 1. The summed E-state index contributed by atoms with van der Waals surface area (Å²) in [5, 5.41) is 19.0. The third-order valence-corrected chi connectivity index (χ3v) is 5.52. The number of benzene rings is 1. The zero-order chi connectivity index (χ0) is 15.8. The number of rotatable bonds is 3. The number of aliphatic carboxylic acids is 1. The molecule has 1 aliphatic heterocycles. The zero-order valence-corrected chi connectivity index (χ0v) is 13.2. The van der Waals surface area contributed by atoms with Crippen molar-refractivity contribution in [2.75, 3.05) is 19.6 Å². The topological polar surface area (TPSA) is 60.8 Å². The number of piperidine rings is 1. The number of aryl methyl sites for hydroxylation is 1. The van der Waals surface area contributed by atoms with Gasteiger partial charge in [-0.15, -0.1) is 0 Å². The summed E-state index contributed by atoms with van der Waals surface area (Å²) in [6, 6.07) is 8.73. The number of hydrogen-bond acceptors (Lipinski definition) is 3. The highest BCUT2D eigenvalue weighted by molar-refractivity contribution is 5.76. The Balaban J connectivity index is 1.62. The van der Waals surface area contributed by atoms with Gasteiger partial charge < -0.3 is 10.2 Å². The van der Waals surface area contributed by atoms with Gasteiger partial charge >= 0.3 is 5.97 Å². The summed E-state index contributed by atoms with van der Waals surface area (Å²) < 4.78 is 0. The van der Waals surface area contributed by atoms with Crippen LogP contribution in [0.25, 0.3) is 0 Å². The van der Waals surface area contributed by atoms with E-state index >= 15 is 0 Å². The van der Waals surface area contributed by atoms with Crippen molar-refractivity contribution in [3.63, 3.8) is 0 Å². The SMILES string of the molecule is CC(O)(CN1CCC2(CCc3ccccc3C2)CC1)C(=O)O. The van der Waals surface area contributed by atoms with Gasteiger partial charge in [0, 0.05) is 6.54 Å². The molecular formula is C18H25NO3. The lowest BCUT2D eigenvalue weighted by atomic mass is 9.66. The van der Waals surface area contributed by atoms with E-state index in [1.54, 1.807) is 0 Å². The van der Waals surface area contributed by atoms with E-state index in [-0.39, 0.29) is 6.54 Å². The number of hydrogen-bond donors (Lipinski definition) is 2. The van der Waals surface area contributed by atoms with Crippen LogP contribution >= 0.6 is 0 Å². The summed E-state index contributed by atoms with van der Waals surface area (Å²) in [5.74, 6) is -1.14. The van der Waals surface area contributed by atoms with Crippen molar-refractivity contribution in [2.24, 2.45) is 5.41 Å². The van der Waals surface area contributed by atoms with Crippen molar-refractivity contribution < 1.29 is 15.0 Å². The van der Waals surface area contributed by atoms with Crippen LogP contribution in [0.5, 0.6) is 0 Å². The Kier molecular flexibility index (Phi) is 4.00. The molecule has 4 heteroatoms. The smallest absolute Gasteiger partial charge is 0.336 e. The fourth-order valence-corrected chi connectivity index (χ4v) is 3.98. The molecule has 0 bridgehead atoms. The predicted octanol–water partition coefficient (Wildman–Crippen LogP) is 2.09. The van der Waals surface area contributed by atoms with Gasteiger partial charge in [-0.1, -0.05) is 24.3 Å². The molecule has 0 aromatic heterocycles. The van der Waals surface area contributed by atoms with E-state index in [0.29, 0.717) is 5.41 Å². The van der Waals surface area contributed by atoms with Gasteiger partial charge in [0.15, 0.2) is 5.60 Å². The first-order chi connectivity index (χ1) is 10.4. The van der Waals surface area contributed by atoms with E-state index in [9.17, 15) is 9.90 Å². The number of carboxylic acids is 1. The second-order valence-corrected chi connectivity index (χ2v) is 7.30. The third kappa shape index (κ3) is 3.03. The maximum atomic E-state index is 11.1. The molecule has 1 heterocycles. The quantitative estimate of drug-likeness (QED) is 0.897. The van der Waals surface area contributed by atoms with Gasteiger partial charge in [-0.2, -0.15) is 0 Å². The number of aliphatic hydroxyl groups is 1. The Morgan fingerprint density at radius 2 is 1.86 bits per heavy atom. The van der Waals surface area contributed by atoms with Gasteiger partial charge in [0.25, 0.3) is 0 Å². The monoisotopic (exact) mass is 303 g/mol. The molecule has 1 atom stereocenters. The number of likely N-dealkylation sites (tertiary alicyclic amines) is 1. The minimum Gasteiger partial charge on any atom is -0.479 e. The van der Waals surface area contributed by atoms with Crippen molar-refractivity contribution in [1.82, 2.24) is 4.90 Å². The molecule has 1 aliphatic carbocycles. The second kappa shape index (κ2) is 5.67. The average Bonchev–Trinajstić information content (AvgIpc) is 2.49. The molecule has 120 valence electrons. The third-order valence-electron chi connectivity index (χ3n) is 5.52. The summed E-state index contributed by atoms with van der Waals surface area (Å²) in [6.07, 6.45) is 5.72. The van der Waals surface area contributed by atoms with E-state index in [0.717, 1.165) is 38.8 Å². The molecule has 1 fully saturated rings. The van der Waals surface area contributed by atoms with Crippen LogP contribution in [0.2, 0.25) is 0 Å². The molecule has 0 radical (unpaired) electrons. The van der Waals surface area contributed by atoms with Crippen LogP contribution in [-0.2, 0) is 17.6 Å². The molecule has 0 amide bonds. The van der Waals surface area contributed by atoms with Gasteiger partial charge in [0.1, 0.15) is 0 Å².